The van der Waals surface area contributed by atoms with Crippen LogP contribution in [0.2, 0.25) is 0 Å². The van der Waals surface area contributed by atoms with Gasteiger partial charge in [0, 0.05) is 0 Å². The average molecular weight is 389 g/mol. The van der Waals surface area contributed by atoms with Crippen LogP contribution in [0.25, 0.3) is 0 Å². The number of benzene rings is 1. The lowest BCUT2D eigenvalue weighted by Gasteiger charge is -2.27. The maximum Gasteiger partial charge on any atom is 0.376 e. The van der Waals surface area contributed by atoms with Gasteiger partial charge in [0.1, 0.15) is 11.8 Å². The first-order chi connectivity index (χ1) is 13.3. The number of hydrogen-bond donors (Lipinski definition) is 1. The number of nitrogens with two attached hydrogens (primary N) is 1. The monoisotopic (exact) mass is 389 g/mol. The Balaban J connectivity index is 1.42. The van der Waals surface area contributed by atoms with Crippen molar-refractivity contribution in [2.45, 2.75) is 44.6 Å². The van der Waals surface area contributed by atoms with Gasteiger partial charge in [-0.1, -0.05) is 12.1 Å². The van der Waals surface area contributed by atoms with Gasteiger partial charge in [0.2, 0.25) is 5.91 Å². The molecule has 4 rings (SSSR count). The van der Waals surface area contributed by atoms with E-state index in [-0.39, 0.29) is 12.3 Å². The first kappa shape index (κ1) is 18.4. The minimum atomic E-state index is -2.49. The number of ether oxygens (including phenoxy) is 1. The molecule has 2 aliphatic heterocycles. The third-order valence-electron chi connectivity index (χ3n) is 5.27. The lowest BCUT2D eigenvalue weighted by molar-refractivity contribution is -0.217. The zero-order valence-corrected chi connectivity index (χ0v) is 15.3. The van der Waals surface area contributed by atoms with Crippen LogP contribution in [0.3, 0.4) is 0 Å². The van der Waals surface area contributed by atoms with Gasteiger partial charge in [-0.25, -0.2) is 18.8 Å². The maximum atomic E-state index is 14.4. The van der Waals surface area contributed by atoms with Crippen LogP contribution in [0.1, 0.15) is 24.5 Å². The molecule has 148 valence electrons. The minimum absolute atomic E-state index is 0.121. The lowest BCUT2D eigenvalue weighted by atomic mass is 10.0. The van der Waals surface area contributed by atoms with Crippen LogP contribution in [-0.2, 0) is 27.3 Å². The molecular formula is C19H20FN3O5. The largest absolute Gasteiger partial charge is 0.422 e. The Morgan fingerprint density at radius 2 is 2.04 bits per heavy atom. The van der Waals surface area contributed by atoms with Crippen molar-refractivity contribution in [2.24, 2.45) is 5.73 Å². The van der Waals surface area contributed by atoms with Crippen LogP contribution < -0.4 is 10.5 Å². The minimum Gasteiger partial charge on any atom is -0.422 e. The fourth-order valence-electron chi connectivity index (χ4n) is 4.02. The normalized spacial score (nSPS) is 24.1. The number of rotatable bonds is 5. The van der Waals surface area contributed by atoms with Gasteiger partial charge in [0.15, 0.2) is 0 Å². The summed E-state index contributed by atoms with van der Waals surface area (Å²) in [5.74, 6) is -1.71. The van der Waals surface area contributed by atoms with Crippen LogP contribution in [0, 0.1) is 0 Å². The highest BCUT2D eigenvalue weighted by Gasteiger charge is 2.48. The van der Waals surface area contributed by atoms with Crippen LogP contribution in [0.15, 0.2) is 29.8 Å². The molecule has 3 amide bonds. The molecule has 9 heteroatoms. The van der Waals surface area contributed by atoms with Gasteiger partial charge in [0.25, 0.3) is 0 Å². The molecule has 2 heterocycles. The summed E-state index contributed by atoms with van der Waals surface area (Å²) in [5, 5.41) is 0.751. The van der Waals surface area contributed by atoms with Gasteiger partial charge >= 0.3 is 18.4 Å². The number of aryl methyl sites for hydroxylation is 2. The summed E-state index contributed by atoms with van der Waals surface area (Å²) < 4.78 is 19.4. The van der Waals surface area contributed by atoms with Crippen LogP contribution in [-0.4, -0.2) is 52.9 Å². The second kappa shape index (κ2) is 6.90. The molecule has 0 radical (unpaired) electrons. The predicted molar refractivity (Wildman–Crippen MR) is 94.6 cm³/mol. The zero-order chi connectivity index (χ0) is 20.0. The molecule has 0 saturated carbocycles. The highest BCUT2D eigenvalue weighted by Crippen LogP contribution is 2.30. The Morgan fingerprint density at radius 1 is 1.29 bits per heavy atom. The molecule has 0 aromatic heterocycles. The van der Waals surface area contributed by atoms with E-state index in [1.54, 1.807) is 25.1 Å². The molecule has 0 unspecified atom stereocenters. The second-order valence-corrected chi connectivity index (χ2v) is 7.17. The van der Waals surface area contributed by atoms with Crippen molar-refractivity contribution in [2.75, 3.05) is 6.54 Å². The Morgan fingerprint density at radius 3 is 2.79 bits per heavy atom. The SMILES string of the molecule is CC1=C[C@@H]2CN(C(=O)N2O[C@H](F)C(=O)Oc2ccc3c(c2)CCC3)[C@@H]1C(N)=O. The van der Waals surface area contributed by atoms with Crippen molar-refractivity contribution >= 4 is 17.9 Å². The number of hydroxylamine groups is 2. The average Bonchev–Trinajstić information content (AvgIpc) is 3.20. The molecule has 1 aromatic carbocycles. The van der Waals surface area contributed by atoms with Gasteiger partial charge in [-0.05, 0) is 55.0 Å². The smallest absolute Gasteiger partial charge is 0.376 e. The highest BCUT2D eigenvalue weighted by atomic mass is 19.1. The summed E-state index contributed by atoms with van der Waals surface area (Å²) in [6.45, 7) is 1.77. The van der Waals surface area contributed by atoms with Crippen LogP contribution in [0.5, 0.6) is 5.75 Å². The van der Waals surface area contributed by atoms with Crippen molar-refractivity contribution in [1.29, 1.82) is 0 Å². The van der Waals surface area contributed by atoms with E-state index in [1.807, 2.05) is 6.07 Å². The lowest BCUT2D eigenvalue weighted by Crippen LogP contribution is -2.48. The van der Waals surface area contributed by atoms with Gasteiger partial charge in [-0.15, -0.1) is 0 Å². The fraction of sp³-hybridized carbons (Fsp3) is 0.421. The molecule has 1 saturated heterocycles. The summed E-state index contributed by atoms with van der Waals surface area (Å²) in [6, 6.07) is 2.93. The standard InChI is InChI=1S/C19H20FN3O5/c1-10-7-13-9-22(15(10)17(21)24)19(26)23(13)28-16(20)18(25)27-14-6-5-11-3-2-4-12(11)8-14/h5-8,13,15-16H,2-4,9H2,1H3,(H2,21,24)/t13-,15+,16+/m1/s1. The Hall–Kier alpha value is -2.94. The summed E-state index contributed by atoms with van der Waals surface area (Å²) in [7, 11) is 0. The van der Waals surface area contributed by atoms with E-state index in [4.69, 9.17) is 15.3 Å². The third-order valence-corrected chi connectivity index (χ3v) is 5.27. The molecule has 1 aromatic rings. The van der Waals surface area contributed by atoms with Gasteiger partial charge < -0.3 is 15.4 Å². The van der Waals surface area contributed by atoms with Crippen molar-refractivity contribution in [3.05, 3.63) is 41.0 Å². The van der Waals surface area contributed by atoms with E-state index in [1.165, 1.54) is 10.5 Å². The van der Waals surface area contributed by atoms with Crippen molar-refractivity contribution in [1.82, 2.24) is 9.96 Å². The second-order valence-electron chi connectivity index (χ2n) is 7.17. The van der Waals surface area contributed by atoms with E-state index in [2.05, 4.69) is 0 Å². The molecule has 8 nitrogen and oxygen atoms in total. The number of fused-ring (bicyclic) bond motifs is 3. The molecule has 3 aliphatic rings. The van der Waals surface area contributed by atoms with E-state index < -0.39 is 36.3 Å². The number of nitrogens with zero attached hydrogens (tertiary/aromatic N) is 2. The van der Waals surface area contributed by atoms with E-state index in [9.17, 15) is 18.8 Å². The quantitative estimate of drug-likeness (QED) is 0.464. The van der Waals surface area contributed by atoms with Gasteiger partial charge in [0.05, 0.1) is 12.6 Å². The molecule has 3 atom stereocenters. The number of urea groups is 1. The predicted octanol–water partition coefficient (Wildman–Crippen LogP) is 1.23. The van der Waals surface area contributed by atoms with E-state index in [0.29, 0.717) is 5.57 Å². The molecule has 1 fully saturated rings. The molecule has 1 aliphatic carbocycles. The van der Waals surface area contributed by atoms with Crippen molar-refractivity contribution < 1.29 is 28.3 Å². The summed E-state index contributed by atoms with van der Waals surface area (Å²) >= 11 is 0. The number of carbonyl (C=O) groups excluding carboxylic acids is 3. The molecule has 2 bridgehead atoms. The number of halogens is 1. The first-order valence-corrected chi connectivity index (χ1v) is 9.07. The number of esters is 1. The summed E-state index contributed by atoms with van der Waals surface area (Å²) in [6.07, 6.45) is 2.03. The zero-order valence-electron chi connectivity index (χ0n) is 15.3. The van der Waals surface area contributed by atoms with Crippen molar-refractivity contribution in [3.8, 4) is 5.75 Å². The fourth-order valence-corrected chi connectivity index (χ4v) is 4.02. The van der Waals surface area contributed by atoms with Gasteiger partial charge in [-0.2, -0.15) is 5.06 Å². The number of hydrogen-bond acceptors (Lipinski definition) is 5. The van der Waals surface area contributed by atoms with E-state index in [0.717, 1.165) is 29.9 Å². The van der Waals surface area contributed by atoms with Crippen LogP contribution in [0.4, 0.5) is 9.18 Å². The van der Waals surface area contributed by atoms with E-state index >= 15 is 0 Å². The number of carbonyl (C=O) groups is 3. The Labute approximate surface area is 160 Å². The molecular weight excluding hydrogens is 369 g/mol. The summed E-state index contributed by atoms with van der Waals surface area (Å²) in [5.41, 5.74) is 8.19. The molecule has 2 N–H and O–H groups in total. The summed E-state index contributed by atoms with van der Waals surface area (Å²) in [4.78, 5) is 42.3. The van der Waals surface area contributed by atoms with Crippen LogP contribution >= 0.6 is 0 Å². The highest BCUT2D eigenvalue weighted by molar-refractivity contribution is 5.90. The Bertz CT molecular complexity index is 886. The number of primary amides is 1. The topological polar surface area (TPSA) is 102 Å². The third kappa shape index (κ3) is 3.11. The first-order valence-electron chi connectivity index (χ1n) is 9.07. The number of amides is 3. The maximum absolute atomic E-state index is 14.4. The molecule has 0 spiro atoms. The number of alkyl halides is 1. The Kier molecular flexibility index (Phi) is 4.54. The van der Waals surface area contributed by atoms with Gasteiger partial charge in [-0.3, -0.25) is 4.79 Å². The molecule has 28 heavy (non-hydrogen) atoms. The van der Waals surface area contributed by atoms with Crippen molar-refractivity contribution in [3.63, 3.8) is 0 Å².